The molecule has 2 aromatic rings. The van der Waals surface area contributed by atoms with Crippen LogP contribution in [0.2, 0.25) is 0 Å². The van der Waals surface area contributed by atoms with E-state index in [0.717, 1.165) is 11.1 Å². The van der Waals surface area contributed by atoms with Crippen LogP contribution in [-0.4, -0.2) is 73.3 Å². The van der Waals surface area contributed by atoms with Gasteiger partial charge in [-0.05, 0) is 36.2 Å². The van der Waals surface area contributed by atoms with Gasteiger partial charge in [0.15, 0.2) is 11.5 Å². The zero-order valence-electron chi connectivity index (χ0n) is 19.0. The Bertz CT molecular complexity index is 1100. The molecule has 0 aliphatic carbocycles. The Morgan fingerprint density at radius 2 is 1.74 bits per heavy atom. The molecule has 1 N–H and O–H groups in total. The first-order valence-electron chi connectivity index (χ1n) is 10.8. The fraction of sp³-hybridized carbons (Fsp3) is 0.375. The topological polar surface area (TPSA) is 115 Å². The van der Waals surface area contributed by atoms with E-state index < -0.39 is 23.7 Å². The minimum Gasteiger partial charge on any atom is -0.497 e. The summed E-state index contributed by atoms with van der Waals surface area (Å²) >= 11 is 0. The quantitative estimate of drug-likeness (QED) is 0.549. The number of piperazine rings is 1. The zero-order chi connectivity index (χ0) is 24.2. The molecule has 1 fully saturated rings. The maximum Gasteiger partial charge on any atom is 0.312 e. The number of benzene rings is 2. The van der Waals surface area contributed by atoms with Gasteiger partial charge in [0.2, 0.25) is 6.79 Å². The predicted octanol–water partition coefficient (Wildman–Crippen LogP) is 1.55. The number of amides is 2. The van der Waals surface area contributed by atoms with Gasteiger partial charge in [-0.2, -0.15) is 0 Å². The Kier molecular flexibility index (Phi) is 6.76. The van der Waals surface area contributed by atoms with Gasteiger partial charge in [0.1, 0.15) is 11.5 Å². The molecular formula is C24H26N2O8. The molecule has 1 unspecified atom stereocenters. The van der Waals surface area contributed by atoms with E-state index in [1.165, 1.54) is 16.9 Å². The monoisotopic (exact) mass is 470 g/mol. The van der Waals surface area contributed by atoms with Crippen molar-refractivity contribution in [1.29, 1.82) is 0 Å². The summed E-state index contributed by atoms with van der Waals surface area (Å²) in [5.41, 5.74) is 1.49. The van der Waals surface area contributed by atoms with E-state index in [1.807, 2.05) is 0 Å². The van der Waals surface area contributed by atoms with Crippen LogP contribution in [-0.2, 0) is 27.3 Å². The Balaban J connectivity index is 1.41. The van der Waals surface area contributed by atoms with Crippen molar-refractivity contribution in [1.82, 2.24) is 9.80 Å². The lowest BCUT2D eigenvalue weighted by Gasteiger charge is -2.35. The summed E-state index contributed by atoms with van der Waals surface area (Å²) in [4.78, 5) is 40.3. The molecule has 34 heavy (non-hydrogen) atoms. The van der Waals surface area contributed by atoms with Gasteiger partial charge in [-0.1, -0.05) is 6.07 Å². The summed E-state index contributed by atoms with van der Waals surface area (Å²) in [5, 5.41) is 9.74. The minimum atomic E-state index is -1.04. The molecule has 10 nitrogen and oxygen atoms in total. The van der Waals surface area contributed by atoms with Crippen LogP contribution in [0.15, 0.2) is 36.4 Å². The number of aliphatic carboxylic acids is 1. The van der Waals surface area contributed by atoms with Gasteiger partial charge in [0, 0.05) is 37.8 Å². The van der Waals surface area contributed by atoms with E-state index in [4.69, 9.17) is 18.9 Å². The van der Waals surface area contributed by atoms with Gasteiger partial charge in [-0.3, -0.25) is 14.4 Å². The van der Waals surface area contributed by atoms with E-state index in [0.29, 0.717) is 23.0 Å². The average Bonchev–Trinajstić information content (AvgIpc) is 3.31. The van der Waals surface area contributed by atoms with Crippen molar-refractivity contribution >= 4 is 17.8 Å². The Morgan fingerprint density at radius 1 is 1.00 bits per heavy atom. The Morgan fingerprint density at radius 3 is 2.47 bits per heavy atom. The summed E-state index contributed by atoms with van der Waals surface area (Å²) in [6.45, 7) is 0.799. The molecule has 2 aliphatic heterocycles. The standard InChI is InChI=1S/C24H26N2O8/c1-31-18-5-4-16(20(11-18)32-2)12-25-7-8-26(23(28)22(25)27)13-17(24(29)30)9-15-3-6-19-21(10-15)34-14-33-19/h3-6,10-11,17H,7-9,12-14H2,1-2H3,(H,29,30). The number of methoxy groups -OCH3 is 2. The summed E-state index contributed by atoms with van der Waals surface area (Å²) < 4.78 is 21.2. The molecule has 2 aliphatic rings. The third-order valence-electron chi connectivity index (χ3n) is 5.96. The van der Waals surface area contributed by atoms with Crippen molar-refractivity contribution in [3.63, 3.8) is 0 Å². The number of nitrogens with zero attached hydrogens (tertiary/aromatic N) is 2. The average molecular weight is 470 g/mol. The molecule has 4 rings (SSSR count). The number of carbonyl (C=O) groups is 3. The second-order valence-electron chi connectivity index (χ2n) is 8.08. The third-order valence-corrected chi connectivity index (χ3v) is 5.96. The maximum absolute atomic E-state index is 12.8. The third kappa shape index (κ3) is 4.85. The minimum absolute atomic E-state index is 0.0615. The van der Waals surface area contributed by atoms with Crippen LogP contribution < -0.4 is 18.9 Å². The molecule has 2 amide bonds. The molecule has 0 saturated carbocycles. The second-order valence-corrected chi connectivity index (χ2v) is 8.08. The highest BCUT2D eigenvalue weighted by molar-refractivity contribution is 6.35. The van der Waals surface area contributed by atoms with E-state index in [2.05, 4.69) is 0 Å². The van der Waals surface area contributed by atoms with E-state index in [9.17, 15) is 19.5 Å². The van der Waals surface area contributed by atoms with Crippen molar-refractivity contribution in [2.45, 2.75) is 13.0 Å². The van der Waals surface area contributed by atoms with Crippen LogP contribution in [0.5, 0.6) is 23.0 Å². The molecule has 2 heterocycles. The largest absolute Gasteiger partial charge is 0.497 e. The number of hydrogen-bond donors (Lipinski definition) is 1. The van der Waals surface area contributed by atoms with Crippen LogP contribution in [0.1, 0.15) is 11.1 Å². The molecular weight excluding hydrogens is 444 g/mol. The first-order chi connectivity index (χ1) is 16.4. The second kappa shape index (κ2) is 9.90. The molecule has 0 radical (unpaired) electrons. The van der Waals surface area contributed by atoms with E-state index in [1.54, 1.807) is 43.5 Å². The lowest BCUT2D eigenvalue weighted by atomic mass is 9.98. The summed E-state index contributed by atoms with van der Waals surface area (Å²) in [5.74, 6) is -0.941. The first kappa shape index (κ1) is 23.2. The van der Waals surface area contributed by atoms with Gasteiger partial charge in [-0.15, -0.1) is 0 Å². The van der Waals surface area contributed by atoms with Crippen molar-refractivity contribution in [2.24, 2.45) is 5.92 Å². The molecule has 0 aromatic heterocycles. The highest BCUT2D eigenvalue weighted by Gasteiger charge is 2.35. The molecule has 1 atom stereocenters. The number of ether oxygens (including phenoxy) is 4. The highest BCUT2D eigenvalue weighted by Crippen LogP contribution is 2.33. The lowest BCUT2D eigenvalue weighted by Crippen LogP contribution is -2.55. The van der Waals surface area contributed by atoms with Crippen molar-refractivity contribution in [3.8, 4) is 23.0 Å². The number of fused-ring (bicyclic) bond motifs is 1. The van der Waals surface area contributed by atoms with Crippen LogP contribution >= 0.6 is 0 Å². The van der Waals surface area contributed by atoms with Crippen molar-refractivity contribution in [2.75, 3.05) is 40.6 Å². The number of carbonyl (C=O) groups excluding carboxylic acids is 2. The first-order valence-corrected chi connectivity index (χ1v) is 10.8. The lowest BCUT2D eigenvalue weighted by molar-refractivity contribution is -0.158. The molecule has 1 saturated heterocycles. The summed E-state index contributed by atoms with van der Waals surface area (Å²) in [6, 6.07) is 10.5. The molecule has 2 aromatic carbocycles. The van der Waals surface area contributed by atoms with Gasteiger partial charge in [0.05, 0.1) is 20.1 Å². The number of carboxylic acid groups (broad SMARTS) is 1. The van der Waals surface area contributed by atoms with Gasteiger partial charge < -0.3 is 33.9 Å². The molecule has 180 valence electrons. The maximum atomic E-state index is 12.8. The van der Waals surface area contributed by atoms with Crippen LogP contribution in [0.4, 0.5) is 0 Å². The highest BCUT2D eigenvalue weighted by atomic mass is 16.7. The van der Waals surface area contributed by atoms with Crippen LogP contribution in [0.3, 0.4) is 0 Å². The molecule has 10 heteroatoms. The van der Waals surface area contributed by atoms with Gasteiger partial charge in [-0.25, -0.2) is 0 Å². The van der Waals surface area contributed by atoms with E-state index >= 15 is 0 Å². The smallest absolute Gasteiger partial charge is 0.312 e. The SMILES string of the molecule is COc1ccc(CN2CCN(CC(Cc3ccc4c(c3)OCO4)C(=O)O)C(=O)C2=O)c(OC)c1. The summed E-state index contributed by atoms with van der Waals surface area (Å²) in [6.07, 6.45) is 0.191. The fourth-order valence-electron chi connectivity index (χ4n) is 4.08. The number of carboxylic acids is 1. The molecule has 0 spiro atoms. The van der Waals surface area contributed by atoms with Gasteiger partial charge >= 0.3 is 17.8 Å². The Hall–Kier alpha value is -3.95. The zero-order valence-corrected chi connectivity index (χ0v) is 19.0. The predicted molar refractivity (Wildman–Crippen MR) is 119 cm³/mol. The Labute approximate surface area is 196 Å². The van der Waals surface area contributed by atoms with Gasteiger partial charge in [0.25, 0.3) is 0 Å². The van der Waals surface area contributed by atoms with Crippen LogP contribution in [0, 0.1) is 5.92 Å². The number of hydrogen-bond acceptors (Lipinski definition) is 7. The van der Waals surface area contributed by atoms with E-state index in [-0.39, 0.29) is 39.4 Å². The fourth-order valence-corrected chi connectivity index (χ4v) is 4.08. The number of rotatable bonds is 9. The van der Waals surface area contributed by atoms with Crippen molar-refractivity contribution < 1.29 is 38.4 Å². The van der Waals surface area contributed by atoms with Crippen LogP contribution in [0.25, 0.3) is 0 Å². The normalized spacial score (nSPS) is 15.9. The van der Waals surface area contributed by atoms with Crippen molar-refractivity contribution in [3.05, 3.63) is 47.5 Å². The summed E-state index contributed by atoms with van der Waals surface area (Å²) in [7, 11) is 3.07. The molecule has 0 bridgehead atoms.